The van der Waals surface area contributed by atoms with Crippen molar-refractivity contribution >= 4 is 35.3 Å². The number of rotatable bonds is 18. The lowest BCUT2D eigenvalue weighted by atomic mass is 9.76. The molecule has 1 aliphatic carbocycles. The molecule has 0 saturated heterocycles. The van der Waals surface area contributed by atoms with Gasteiger partial charge in [0.2, 0.25) is 0 Å². The van der Waals surface area contributed by atoms with Gasteiger partial charge in [0.1, 0.15) is 0 Å². The van der Waals surface area contributed by atoms with E-state index in [9.17, 15) is 0 Å². The van der Waals surface area contributed by atoms with Crippen LogP contribution in [0.15, 0.2) is 0 Å². The molecule has 0 heterocycles. The Balaban J connectivity index is 2.63. The van der Waals surface area contributed by atoms with Crippen LogP contribution in [0, 0.1) is 5.41 Å². The van der Waals surface area contributed by atoms with E-state index in [0.717, 1.165) is 5.25 Å². The minimum absolute atomic E-state index is 0.487. The van der Waals surface area contributed by atoms with Crippen molar-refractivity contribution in [3.05, 3.63) is 0 Å². The Hall–Kier alpha value is 1.05. The van der Waals surface area contributed by atoms with Crippen molar-refractivity contribution in [2.24, 2.45) is 5.41 Å². The average Bonchev–Trinajstić information content (AvgIpc) is 2.66. The van der Waals surface area contributed by atoms with Crippen molar-refractivity contribution in [3.63, 3.8) is 0 Å². The molecule has 1 rings (SSSR count). The second-order valence-corrected chi connectivity index (χ2v) is 14.7. The van der Waals surface area contributed by atoms with Crippen LogP contribution in [0.2, 0.25) is 0 Å². The first-order valence-electron chi connectivity index (χ1n) is 12.9. The first-order valence-corrected chi connectivity index (χ1v) is 15.9. The van der Waals surface area contributed by atoms with Crippen molar-refractivity contribution in [1.29, 1.82) is 0 Å². The van der Waals surface area contributed by atoms with E-state index in [0.29, 0.717) is 9.49 Å². The number of thioether (sulfide) groups is 3. The largest absolute Gasteiger partial charge is 0.158 e. The molecule has 0 aromatic carbocycles. The minimum Gasteiger partial charge on any atom is -0.158 e. The maximum atomic E-state index is 2.56. The molecule has 174 valence electrons. The molecule has 1 saturated carbocycles. The van der Waals surface area contributed by atoms with Gasteiger partial charge in [-0.2, -0.15) is 11.8 Å². The highest BCUT2D eigenvalue weighted by molar-refractivity contribution is 8.18. The molecule has 0 aliphatic heterocycles. The third kappa shape index (κ3) is 13.3. The SMILES string of the molecule is CCCCCCSC1CC(C)(C)CC(SCCCCCC)(SCCCCCC)C1. The first-order chi connectivity index (χ1) is 14.0. The summed E-state index contributed by atoms with van der Waals surface area (Å²) in [4.78, 5) is 0. The van der Waals surface area contributed by atoms with Gasteiger partial charge in [0.05, 0.1) is 4.08 Å². The highest BCUT2D eigenvalue weighted by Crippen LogP contribution is 2.56. The Labute approximate surface area is 197 Å². The molecule has 3 heteroatoms. The fourth-order valence-corrected chi connectivity index (χ4v) is 10.4. The zero-order chi connectivity index (χ0) is 21.4. The van der Waals surface area contributed by atoms with E-state index in [2.05, 4.69) is 69.9 Å². The third-order valence-corrected chi connectivity index (χ3v) is 10.8. The van der Waals surface area contributed by atoms with Gasteiger partial charge in [-0.25, -0.2) is 0 Å². The van der Waals surface area contributed by atoms with Crippen LogP contribution in [0.5, 0.6) is 0 Å². The highest BCUT2D eigenvalue weighted by atomic mass is 32.2. The van der Waals surface area contributed by atoms with Crippen LogP contribution in [-0.2, 0) is 0 Å². The highest BCUT2D eigenvalue weighted by Gasteiger charge is 2.44. The Morgan fingerprint density at radius 2 is 1.10 bits per heavy atom. The fourth-order valence-electron chi connectivity index (χ4n) is 4.64. The molecule has 0 bridgehead atoms. The van der Waals surface area contributed by atoms with E-state index in [1.807, 2.05) is 0 Å². The molecule has 1 atom stereocenters. The first kappa shape index (κ1) is 28.1. The lowest BCUT2D eigenvalue weighted by molar-refractivity contribution is 0.245. The van der Waals surface area contributed by atoms with Gasteiger partial charge in [-0.1, -0.05) is 92.4 Å². The van der Waals surface area contributed by atoms with Gasteiger partial charge in [0, 0.05) is 5.25 Å². The summed E-state index contributed by atoms with van der Waals surface area (Å²) >= 11 is 7.04. The standard InChI is InChI=1S/C26H52S3/c1-6-9-12-15-18-27-24-21-25(4,5)23-26(22-24,28-19-16-13-10-7-2)29-20-17-14-11-8-3/h24H,6-23H2,1-5H3. The number of unbranched alkanes of at least 4 members (excludes halogenated alkanes) is 9. The smallest absolute Gasteiger partial charge is 0.0626 e. The Bertz CT molecular complexity index is 366. The van der Waals surface area contributed by atoms with E-state index in [-0.39, 0.29) is 0 Å². The molecule has 1 fully saturated rings. The summed E-state index contributed by atoms with van der Waals surface area (Å²) in [6.07, 6.45) is 21.2. The van der Waals surface area contributed by atoms with Crippen LogP contribution in [0.1, 0.15) is 131 Å². The maximum Gasteiger partial charge on any atom is 0.0626 e. The molecule has 0 amide bonds. The third-order valence-electron chi connectivity index (χ3n) is 6.14. The average molecular weight is 461 g/mol. The summed E-state index contributed by atoms with van der Waals surface area (Å²) < 4.78 is 0.487. The molecular formula is C26H52S3. The van der Waals surface area contributed by atoms with E-state index in [1.165, 1.54) is 114 Å². The zero-order valence-corrected chi connectivity index (χ0v) is 23.0. The minimum atomic E-state index is 0.487. The van der Waals surface area contributed by atoms with Gasteiger partial charge in [0.25, 0.3) is 0 Å². The Morgan fingerprint density at radius 1 is 0.621 bits per heavy atom. The molecule has 0 aromatic rings. The Kier molecular flexibility index (Phi) is 16.1. The fraction of sp³-hybridized carbons (Fsp3) is 1.00. The summed E-state index contributed by atoms with van der Waals surface area (Å²) in [5, 5.41) is 0.881. The normalized spacial score (nSPS) is 20.8. The molecule has 0 nitrogen and oxygen atoms in total. The van der Waals surface area contributed by atoms with E-state index < -0.39 is 0 Å². The van der Waals surface area contributed by atoms with Gasteiger partial charge in [0.15, 0.2) is 0 Å². The number of hydrogen-bond acceptors (Lipinski definition) is 3. The summed E-state index contributed by atoms with van der Waals surface area (Å²) in [5.74, 6) is 4.15. The van der Waals surface area contributed by atoms with Gasteiger partial charge >= 0.3 is 0 Å². The summed E-state index contributed by atoms with van der Waals surface area (Å²) in [7, 11) is 0. The van der Waals surface area contributed by atoms with Gasteiger partial charge in [-0.05, 0) is 61.2 Å². The van der Waals surface area contributed by atoms with Crippen molar-refractivity contribution in [2.45, 2.75) is 140 Å². The van der Waals surface area contributed by atoms with Crippen LogP contribution in [0.25, 0.3) is 0 Å². The molecule has 0 radical (unpaired) electrons. The molecule has 1 unspecified atom stereocenters. The summed E-state index contributed by atoms with van der Waals surface area (Å²) in [5.41, 5.74) is 0.506. The van der Waals surface area contributed by atoms with Crippen LogP contribution in [-0.4, -0.2) is 26.6 Å². The van der Waals surface area contributed by atoms with E-state index in [1.54, 1.807) is 0 Å². The topological polar surface area (TPSA) is 0 Å². The lowest BCUT2D eigenvalue weighted by Crippen LogP contribution is -2.40. The number of hydrogen-bond donors (Lipinski definition) is 0. The molecule has 0 spiro atoms. The predicted molar refractivity (Wildman–Crippen MR) is 144 cm³/mol. The van der Waals surface area contributed by atoms with Crippen LogP contribution < -0.4 is 0 Å². The lowest BCUT2D eigenvalue weighted by Gasteiger charge is -2.48. The summed E-state index contributed by atoms with van der Waals surface area (Å²) in [6.45, 7) is 12.1. The second-order valence-electron chi connectivity index (χ2n) is 10.0. The zero-order valence-electron chi connectivity index (χ0n) is 20.5. The van der Waals surface area contributed by atoms with Crippen LogP contribution >= 0.6 is 35.3 Å². The second kappa shape index (κ2) is 16.7. The van der Waals surface area contributed by atoms with Crippen LogP contribution in [0.3, 0.4) is 0 Å². The maximum absolute atomic E-state index is 2.56. The predicted octanol–water partition coefficient (Wildman–Crippen LogP) is 10.2. The quantitative estimate of drug-likeness (QED) is 0.147. The molecule has 0 N–H and O–H groups in total. The van der Waals surface area contributed by atoms with Crippen molar-refractivity contribution < 1.29 is 0 Å². The van der Waals surface area contributed by atoms with Gasteiger partial charge in [-0.3, -0.25) is 0 Å². The molecule has 0 aromatic heterocycles. The molecule has 29 heavy (non-hydrogen) atoms. The van der Waals surface area contributed by atoms with Crippen molar-refractivity contribution in [3.8, 4) is 0 Å². The van der Waals surface area contributed by atoms with Crippen molar-refractivity contribution in [1.82, 2.24) is 0 Å². The van der Waals surface area contributed by atoms with Gasteiger partial charge < -0.3 is 0 Å². The van der Waals surface area contributed by atoms with Crippen molar-refractivity contribution in [2.75, 3.05) is 17.3 Å². The monoisotopic (exact) mass is 460 g/mol. The summed E-state index contributed by atoms with van der Waals surface area (Å²) in [6, 6.07) is 0. The van der Waals surface area contributed by atoms with Crippen LogP contribution in [0.4, 0.5) is 0 Å². The molecular weight excluding hydrogens is 408 g/mol. The van der Waals surface area contributed by atoms with E-state index >= 15 is 0 Å². The Morgan fingerprint density at radius 3 is 1.59 bits per heavy atom. The van der Waals surface area contributed by atoms with Gasteiger partial charge in [-0.15, -0.1) is 23.5 Å². The molecule has 1 aliphatic rings. The van der Waals surface area contributed by atoms with E-state index in [4.69, 9.17) is 0 Å².